The van der Waals surface area contributed by atoms with Crippen molar-refractivity contribution in [1.82, 2.24) is 0 Å². The van der Waals surface area contributed by atoms with E-state index in [0.29, 0.717) is 6.42 Å². The molecule has 0 aromatic carbocycles. The van der Waals surface area contributed by atoms with E-state index in [0.717, 1.165) is 0 Å². The molecule has 80 valence electrons. The van der Waals surface area contributed by atoms with Gasteiger partial charge in [0, 0.05) is 12.1 Å². The van der Waals surface area contributed by atoms with E-state index in [1.54, 1.807) is 6.92 Å². The average molecular weight is 209 g/mol. The Hall–Kier alpha value is -0.0231. The highest BCUT2D eigenvalue weighted by atomic mass is 28.4. The molecule has 0 rings (SSSR count). The predicted molar refractivity (Wildman–Crippen MR) is 51.2 cm³/mol. The van der Waals surface area contributed by atoms with Crippen molar-refractivity contribution in [3.05, 3.63) is 0 Å². The lowest BCUT2D eigenvalue weighted by Crippen LogP contribution is -2.56. The van der Waals surface area contributed by atoms with Gasteiger partial charge in [-0.05, 0) is 19.8 Å². The molecule has 0 aliphatic carbocycles. The summed E-state index contributed by atoms with van der Waals surface area (Å²) in [5, 5.41) is 0. The lowest BCUT2D eigenvalue weighted by molar-refractivity contribution is 0.206. The average Bonchev–Trinajstić information content (AvgIpc) is 1.82. The van der Waals surface area contributed by atoms with E-state index < -0.39 is 14.5 Å². The zero-order chi connectivity index (χ0) is 10.6. The Bertz CT molecular complexity index is 151. The van der Waals surface area contributed by atoms with Crippen molar-refractivity contribution in [3.8, 4) is 0 Å². The second-order valence-electron chi connectivity index (χ2n) is 3.50. The lowest BCUT2D eigenvalue weighted by Gasteiger charge is -2.22. The van der Waals surface area contributed by atoms with E-state index in [2.05, 4.69) is 0 Å². The van der Waals surface area contributed by atoms with Gasteiger partial charge in [-0.25, -0.2) is 0 Å². The molecule has 0 bridgehead atoms. The number of hydrogen-bond donors (Lipinski definition) is 6. The molecule has 0 aliphatic rings. The van der Waals surface area contributed by atoms with Crippen LogP contribution in [-0.4, -0.2) is 40.9 Å². The van der Waals surface area contributed by atoms with Gasteiger partial charge in [-0.2, -0.15) is 0 Å². The SMILES string of the molecule is CC(N)CC(N)CC(N)[Si](O)(O)O. The molecule has 0 spiro atoms. The van der Waals surface area contributed by atoms with Gasteiger partial charge in [0.25, 0.3) is 0 Å². The highest BCUT2D eigenvalue weighted by molar-refractivity contribution is 6.58. The summed E-state index contributed by atoms with van der Waals surface area (Å²) in [6.07, 6.45) is 0.704. The Morgan fingerprint density at radius 1 is 1.08 bits per heavy atom. The molecule has 0 amide bonds. The maximum absolute atomic E-state index is 8.81. The van der Waals surface area contributed by atoms with Crippen LogP contribution in [0.25, 0.3) is 0 Å². The van der Waals surface area contributed by atoms with Gasteiger partial charge >= 0.3 is 8.80 Å². The standard InChI is InChI=1S/C6H19N3O3Si/c1-4(7)2-5(8)3-6(9)13(10,11)12/h4-6,10-12H,2-3,7-9H2,1H3. The number of hydrogen-bond acceptors (Lipinski definition) is 6. The Morgan fingerprint density at radius 2 is 1.54 bits per heavy atom. The monoisotopic (exact) mass is 209 g/mol. The number of rotatable bonds is 5. The lowest BCUT2D eigenvalue weighted by atomic mass is 10.1. The third-order valence-electron chi connectivity index (χ3n) is 1.73. The minimum absolute atomic E-state index is 0.0608. The Morgan fingerprint density at radius 3 is 1.85 bits per heavy atom. The zero-order valence-corrected chi connectivity index (χ0v) is 8.72. The summed E-state index contributed by atoms with van der Waals surface area (Å²) in [6, 6.07) is -0.373. The molecule has 0 saturated carbocycles. The fourth-order valence-corrected chi connectivity index (χ4v) is 1.68. The van der Waals surface area contributed by atoms with Crippen LogP contribution in [0, 0.1) is 0 Å². The molecular formula is C6H19N3O3Si. The summed E-state index contributed by atoms with van der Waals surface area (Å²) >= 11 is 0. The summed E-state index contributed by atoms with van der Waals surface area (Å²) in [6.45, 7) is 1.80. The van der Waals surface area contributed by atoms with Gasteiger partial charge in [-0.15, -0.1) is 0 Å². The molecule has 13 heavy (non-hydrogen) atoms. The highest BCUT2D eigenvalue weighted by Crippen LogP contribution is 2.05. The largest absolute Gasteiger partial charge is 0.510 e. The summed E-state index contributed by atoms with van der Waals surface area (Å²) in [4.78, 5) is 26.4. The third-order valence-corrected chi connectivity index (χ3v) is 2.96. The van der Waals surface area contributed by atoms with E-state index in [9.17, 15) is 0 Å². The maximum Gasteiger partial charge on any atom is 0.510 e. The molecule has 3 unspecified atom stereocenters. The summed E-state index contributed by atoms with van der Waals surface area (Å²) < 4.78 is 0. The highest BCUT2D eigenvalue weighted by Gasteiger charge is 2.37. The van der Waals surface area contributed by atoms with Crippen molar-refractivity contribution in [2.75, 3.05) is 0 Å². The van der Waals surface area contributed by atoms with Gasteiger partial charge in [0.05, 0.1) is 5.67 Å². The quantitative estimate of drug-likeness (QED) is 0.271. The zero-order valence-electron chi connectivity index (χ0n) is 7.72. The molecule has 3 atom stereocenters. The first-order chi connectivity index (χ1) is 5.73. The van der Waals surface area contributed by atoms with Crippen molar-refractivity contribution in [2.45, 2.75) is 37.5 Å². The van der Waals surface area contributed by atoms with E-state index in [1.165, 1.54) is 0 Å². The number of nitrogens with two attached hydrogens (primary N) is 3. The van der Waals surface area contributed by atoms with E-state index in [4.69, 9.17) is 31.6 Å². The summed E-state index contributed by atoms with van der Waals surface area (Å²) in [7, 11) is -4.22. The predicted octanol–water partition coefficient (Wildman–Crippen LogP) is -2.78. The molecule has 0 aromatic rings. The third kappa shape index (κ3) is 6.10. The smallest absolute Gasteiger partial charge is 0.389 e. The Labute approximate surface area is 78.7 Å². The summed E-state index contributed by atoms with van der Waals surface area (Å²) in [5.41, 5.74) is 15.4. The first-order valence-electron chi connectivity index (χ1n) is 4.17. The van der Waals surface area contributed by atoms with Crippen LogP contribution in [0.3, 0.4) is 0 Å². The fraction of sp³-hybridized carbons (Fsp3) is 1.00. The van der Waals surface area contributed by atoms with E-state index in [-0.39, 0.29) is 18.5 Å². The van der Waals surface area contributed by atoms with Crippen LogP contribution in [0.2, 0.25) is 0 Å². The Balaban J connectivity index is 3.85. The second-order valence-corrected chi connectivity index (χ2v) is 5.62. The van der Waals surface area contributed by atoms with E-state index in [1.807, 2.05) is 0 Å². The molecule has 0 aromatic heterocycles. The molecule has 9 N–H and O–H groups in total. The van der Waals surface area contributed by atoms with Crippen LogP contribution in [0.4, 0.5) is 0 Å². The first kappa shape index (κ1) is 13.0. The van der Waals surface area contributed by atoms with Crippen molar-refractivity contribution < 1.29 is 14.4 Å². The first-order valence-corrected chi connectivity index (χ1v) is 6.09. The molecule has 0 heterocycles. The molecule has 0 radical (unpaired) electrons. The second kappa shape index (κ2) is 5.01. The molecule has 7 heteroatoms. The topological polar surface area (TPSA) is 139 Å². The van der Waals surface area contributed by atoms with Crippen LogP contribution >= 0.6 is 0 Å². The van der Waals surface area contributed by atoms with Gasteiger partial charge in [-0.3, -0.25) is 0 Å². The van der Waals surface area contributed by atoms with Gasteiger partial charge in [0.2, 0.25) is 0 Å². The molecule has 6 nitrogen and oxygen atoms in total. The molecular weight excluding hydrogens is 190 g/mol. The van der Waals surface area contributed by atoms with Crippen LogP contribution < -0.4 is 17.2 Å². The fourth-order valence-electron chi connectivity index (χ4n) is 1.06. The maximum atomic E-state index is 8.81. The molecule has 0 aliphatic heterocycles. The van der Waals surface area contributed by atoms with Crippen molar-refractivity contribution >= 4 is 8.80 Å². The van der Waals surface area contributed by atoms with Crippen LogP contribution in [0.1, 0.15) is 19.8 Å². The van der Waals surface area contributed by atoms with Gasteiger partial charge in [-0.1, -0.05) is 0 Å². The van der Waals surface area contributed by atoms with Gasteiger partial charge in [0.1, 0.15) is 0 Å². The van der Waals surface area contributed by atoms with Crippen molar-refractivity contribution in [2.24, 2.45) is 17.2 Å². The molecule has 0 fully saturated rings. The minimum atomic E-state index is -4.22. The minimum Gasteiger partial charge on any atom is -0.389 e. The van der Waals surface area contributed by atoms with Gasteiger partial charge < -0.3 is 31.6 Å². The van der Waals surface area contributed by atoms with Crippen LogP contribution in [-0.2, 0) is 0 Å². The molecule has 0 saturated heterocycles. The normalized spacial score (nSPS) is 19.6. The van der Waals surface area contributed by atoms with Crippen molar-refractivity contribution in [1.29, 1.82) is 0 Å². The Kier molecular flexibility index (Phi) is 5.00. The van der Waals surface area contributed by atoms with E-state index >= 15 is 0 Å². The van der Waals surface area contributed by atoms with Gasteiger partial charge in [0.15, 0.2) is 0 Å². The summed E-state index contributed by atoms with van der Waals surface area (Å²) in [5.74, 6) is 0. The van der Waals surface area contributed by atoms with Crippen LogP contribution in [0.5, 0.6) is 0 Å². The van der Waals surface area contributed by atoms with Crippen molar-refractivity contribution in [3.63, 3.8) is 0 Å². The van der Waals surface area contributed by atoms with Crippen LogP contribution in [0.15, 0.2) is 0 Å².